The van der Waals surface area contributed by atoms with Crippen molar-refractivity contribution in [3.63, 3.8) is 0 Å². The molecule has 1 aromatic rings. The van der Waals surface area contributed by atoms with Crippen LogP contribution in [-0.4, -0.2) is 27.2 Å². The summed E-state index contributed by atoms with van der Waals surface area (Å²) in [6.07, 6.45) is 8.07. The maximum Gasteiger partial charge on any atom is 0.0639 e. The first-order valence-electron chi connectivity index (χ1n) is 4.76. The van der Waals surface area contributed by atoms with Crippen molar-refractivity contribution in [2.75, 3.05) is 13.1 Å². The van der Waals surface area contributed by atoms with Gasteiger partial charge in [-0.05, 0) is 24.8 Å². The van der Waals surface area contributed by atoms with Crippen LogP contribution < -0.4 is 0 Å². The van der Waals surface area contributed by atoms with Crippen molar-refractivity contribution in [3.8, 4) is 0 Å². The minimum absolute atomic E-state index is 1.22. The first kappa shape index (κ1) is 9.09. The number of piperidine rings is 1. The molecule has 3 nitrogen and oxygen atoms in total. The minimum atomic E-state index is 1.22. The maximum atomic E-state index is 4.15. The van der Waals surface area contributed by atoms with Crippen molar-refractivity contribution in [1.82, 2.24) is 14.1 Å². The highest BCUT2D eigenvalue weighted by Gasteiger charge is 2.11. The van der Waals surface area contributed by atoms with Gasteiger partial charge in [-0.15, -0.1) is 0 Å². The molecule has 1 fully saturated rings. The molecule has 2 heterocycles. The van der Waals surface area contributed by atoms with Crippen LogP contribution in [0.25, 0.3) is 0 Å². The molecule has 2 rings (SSSR count). The Hall–Kier alpha value is -0.480. The summed E-state index contributed by atoms with van der Waals surface area (Å²) >= 11 is 1.84. The number of hydrogen-bond donors (Lipinski definition) is 0. The van der Waals surface area contributed by atoms with Gasteiger partial charge in [0, 0.05) is 26.3 Å². The molecule has 0 unspecified atom stereocenters. The van der Waals surface area contributed by atoms with Crippen LogP contribution >= 0.6 is 11.9 Å². The summed E-state index contributed by atoms with van der Waals surface area (Å²) in [5.41, 5.74) is 0. The van der Waals surface area contributed by atoms with Gasteiger partial charge in [0.15, 0.2) is 0 Å². The summed E-state index contributed by atoms with van der Waals surface area (Å²) < 4.78 is 4.28. The van der Waals surface area contributed by atoms with Crippen LogP contribution in [0.3, 0.4) is 0 Å². The first-order valence-corrected chi connectivity index (χ1v) is 5.53. The van der Waals surface area contributed by atoms with E-state index in [-0.39, 0.29) is 0 Å². The average molecular weight is 197 g/mol. The molecule has 0 spiro atoms. The average Bonchev–Trinajstić information content (AvgIpc) is 2.53. The fourth-order valence-corrected chi connectivity index (χ4v) is 2.58. The first-order chi connectivity index (χ1) is 6.34. The van der Waals surface area contributed by atoms with Crippen molar-refractivity contribution >= 4 is 11.9 Å². The van der Waals surface area contributed by atoms with E-state index in [9.17, 15) is 0 Å². The van der Waals surface area contributed by atoms with Crippen LogP contribution in [0.4, 0.5) is 0 Å². The maximum absolute atomic E-state index is 4.15. The predicted molar refractivity (Wildman–Crippen MR) is 54.5 cm³/mol. The lowest BCUT2D eigenvalue weighted by Crippen LogP contribution is -2.22. The van der Waals surface area contributed by atoms with E-state index >= 15 is 0 Å². The third kappa shape index (κ3) is 2.48. The van der Waals surface area contributed by atoms with E-state index in [0.717, 1.165) is 0 Å². The molecule has 72 valence electrons. The summed E-state index contributed by atoms with van der Waals surface area (Å²) in [7, 11) is 1.96. The Kier molecular flexibility index (Phi) is 2.90. The van der Waals surface area contributed by atoms with Gasteiger partial charge < -0.3 is 0 Å². The van der Waals surface area contributed by atoms with Gasteiger partial charge in [-0.1, -0.05) is 6.42 Å². The Balaban J connectivity index is 1.89. The second-order valence-corrected chi connectivity index (χ2v) is 4.60. The highest BCUT2D eigenvalue weighted by atomic mass is 32.2. The second-order valence-electron chi connectivity index (χ2n) is 3.43. The monoisotopic (exact) mass is 197 g/mol. The van der Waals surface area contributed by atoms with Crippen LogP contribution in [-0.2, 0) is 7.05 Å². The molecule has 0 aliphatic carbocycles. The largest absolute Gasteiger partial charge is 0.275 e. The van der Waals surface area contributed by atoms with Gasteiger partial charge >= 0.3 is 0 Å². The summed E-state index contributed by atoms with van der Waals surface area (Å²) in [4.78, 5) is 1.25. The number of nitrogens with zero attached hydrogens (tertiary/aromatic N) is 3. The van der Waals surface area contributed by atoms with Gasteiger partial charge in [0.05, 0.1) is 11.1 Å². The second kappa shape index (κ2) is 4.15. The summed E-state index contributed by atoms with van der Waals surface area (Å²) in [5, 5.41) is 4.15. The Labute approximate surface area is 83.2 Å². The molecule has 1 aliphatic rings. The van der Waals surface area contributed by atoms with Crippen molar-refractivity contribution in [2.24, 2.45) is 7.05 Å². The fourth-order valence-electron chi connectivity index (χ4n) is 1.55. The van der Waals surface area contributed by atoms with E-state index in [1.54, 1.807) is 0 Å². The Morgan fingerprint density at radius 2 is 2.08 bits per heavy atom. The third-order valence-corrected chi connectivity index (χ3v) is 3.28. The zero-order valence-corrected chi connectivity index (χ0v) is 8.76. The molecule has 13 heavy (non-hydrogen) atoms. The Bertz CT molecular complexity index is 266. The highest BCUT2D eigenvalue weighted by Crippen LogP contribution is 2.25. The van der Waals surface area contributed by atoms with Crippen molar-refractivity contribution in [1.29, 1.82) is 0 Å². The normalized spacial score (nSPS) is 19.2. The highest BCUT2D eigenvalue weighted by molar-refractivity contribution is 7.97. The number of hydrogen-bond acceptors (Lipinski definition) is 3. The zero-order chi connectivity index (χ0) is 9.10. The summed E-state index contributed by atoms with van der Waals surface area (Å²) in [5.74, 6) is 0. The van der Waals surface area contributed by atoms with Crippen molar-refractivity contribution in [2.45, 2.75) is 24.2 Å². The third-order valence-electron chi connectivity index (χ3n) is 2.23. The van der Waals surface area contributed by atoms with Crippen LogP contribution in [0.1, 0.15) is 19.3 Å². The fraction of sp³-hybridized carbons (Fsp3) is 0.667. The molecule has 0 aromatic carbocycles. The van der Waals surface area contributed by atoms with Crippen LogP contribution in [0, 0.1) is 0 Å². The minimum Gasteiger partial charge on any atom is -0.275 e. The van der Waals surface area contributed by atoms with E-state index in [2.05, 4.69) is 15.6 Å². The number of aryl methyl sites for hydroxylation is 1. The van der Waals surface area contributed by atoms with Gasteiger partial charge in [0.1, 0.15) is 0 Å². The van der Waals surface area contributed by atoms with Crippen LogP contribution in [0.2, 0.25) is 0 Å². The lowest BCUT2D eigenvalue weighted by molar-refractivity contribution is 0.380. The van der Waals surface area contributed by atoms with Crippen molar-refractivity contribution < 1.29 is 0 Å². The SMILES string of the molecule is Cn1cc(SN2CCCCC2)cn1. The smallest absolute Gasteiger partial charge is 0.0639 e. The quantitative estimate of drug-likeness (QED) is 0.676. The lowest BCUT2D eigenvalue weighted by Gasteiger charge is -2.24. The van der Waals surface area contributed by atoms with E-state index in [1.807, 2.05) is 29.9 Å². The summed E-state index contributed by atoms with van der Waals surface area (Å²) in [6, 6.07) is 0. The summed E-state index contributed by atoms with van der Waals surface area (Å²) in [6.45, 7) is 2.44. The molecule has 1 saturated heterocycles. The molecule has 0 saturated carbocycles. The van der Waals surface area contributed by atoms with Gasteiger partial charge in [0.25, 0.3) is 0 Å². The van der Waals surface area contributed by atoms with Crippen molar-refractivity contribution in [3.05, 3.63) is 12.4 Å². The zero-order valence-electron chi connectivity index (χ0n) is 7.94. The van der Waals surface area contributed by atoms with Gasteiger partial charge in [0.2, 0.25) is 0 Å². The molecule has 0 bridgehead atoms. The molecule has 0 radical (unpaired) electrons. The Morgan fingerprint density at radius 3 is 2.69 bits per heavy atom. The van der Waals surface area contributed by atoms with E-state index in [0.29, 0.717) is 0 Å². The number of rotatable bonds is 2. The molecular formula is C9H15N3S. The molecule has 1 aliphatic heterocycles. The predicted octanol–water partition coefficient (Wildman–Crippen LogP) is 1.91. The molecule has 4 heteroatoms. The number of aromatic nitrogens is 2. The molecule has 1 aromatic heterocycles. The standard InChI is InChI=1S/C9H15N3S/c1-11-8-9(7-10-11)13-12-5-3-2-4-6-12/h7-8H,2-6H2,1H3. The van der Waals surface area contributed by atoms with Crippen LogP contribution in [0.15, 0.2) is 17.3 Å². The topological polar surface area (TPSA) is 21.1 Å². The van der Waals surface area contributed by atoms with E-state index in [4.69, 9.17) is 0 Å². The van der Waals surface area contributed by atoms with Gasteiger partial charge in [-0.25, -0.2) is 4.31 Å². The molecule has 0 amide bonds. The van der Waals surface area contributed by atoms with Gasteiger partial charge in [-0.2, -0.15) is 5.10 Å². The molecule has 0 N–H and O–H groups in total. The van der Waals surface area contributed by atoms with Crippen LogP contribution in [0.5, 0.6) is 0 Å². The molecule has 0 atom stereocenters. The van der Waals surface area contributed by atoms with Gasteiger partial charge in [-0.3, -0.25) is 4.68 Å². The Morgan fingerprint density at radius 1 is 1.31 bits per heavy atom. The van der Waals surface area contributed by atoms with E-state index < -0.39 is 0 Å². The lowest BCUT2D eigenvalue weighted by atomic mass is 10.2. The molecular weight excluding hydrogens is 182 g/mol. The van der Waals surface area contributed by atoms with E-state index in [1.165, 1.54) is 37.2 Å².